The Balaban J connectivity index is 1.56. The fourth-order valence-corrected chi connectivity index (χ4v) is 4.46. The highest BCUT2D eigenvalue weighted by molar-refractivity contribution is 8.00. The van der Waals surface area contributed by atoms with Crippen LogP contribution < -0.4 is 5.69 Å². The minimum Gasteiger partial charge on any atom is -0.306 e. The lowest BCUT2D eigenvalue weighted by Gasteiger charge is -2.02. The van der Waals surface area contributed by atoms with E-state index in [2.05, 4.69) is 32.9 Å². The number of nitrogens with one attached hydrogen (secondary N) is 2. The van der Waals surface area contributed by atoms with Crippen LogP contribution in [0.2, 0.25) is 0 Å². The molecular formula is C17H14N4O2S2. The van der Waals surface area contributed by atoms with Crippen molar-refractivity contribution in [1.29, 1.82) is 0 Å². The molecule has 0 aliphatic carbocycles. The largest absolute Gasteiger partial charge is 0.323 e. The molecule has 0 atom stereocenters. The van der Waals surface area contributed by atoms with E-state index in [1.807, 2.05) is 0 Å². The van der Waals surface area contributed by atoms with E-state index in [4.69, 9.17) is 0 Å². The fourth-order valence-electron chi connectivity index (χ4n) is 2.60. The summed E-state index contributed by atoms with van der Waals surface area (Å²) in [5.74, 6) is 0.274. The van der Waals surface area contributed by atoms with Gasteiger partial charge < -0.3 is 9.97 Å². The number of aromatic amines is 2. The number of fused-ring (bicyclic) bond motifs is 2. The van der Waals surface area contributed by atoms with Crippen LogP contribution in [0.3, 0.4) is 0 Å². The summed E-state index contributed by atoms with van der Waals surface area (Å²) >= 11 is 3.07. The number of nitrogens with zero attached hydrogens (tertiary/aromatic N) is 2. The van der Waals surface area contributed by atoms with Crippen LogP contribution in [-0.4, -0.2) is 31.5 Å². The number of Topliss-reactive ketones (excluding diaryl/α,β-unsaturated/α-hetero) is 1. The number of benzene rings is 1. The van der Waals surface area contributed by atoms with Crippen LogP contribution in [-0.2, 0) is 6.42 Å². The first kappa shape index (κ1) is 16.0. The standard InChI is InChI=1S/C17H14N4O2S2/c1-2-10-6-11-15(18-8-19-16(11)25-10)24-7-14(22)9-3-4-12-13(5-9)21-17(23)20-12/h3-6,8H,2,7H2,1H3,(H2,20,21,23). The van der Waals surface area contributed by atoms with Gasteiger partial charge in [0.05, 0.1) is 16.8 Å². The molecule has 0 aliphatic heterocycles. The zero-order chi connectivity index (χ0) is 17.4. The predicted molar refractivity (Wildman–Crippen MR) is 101 cm³/mol. The van der Waals surface area contributed by atoms with Crippen molar-refractivity contribution in [1.82, 2.24) is 19.9 Å². The molecule has 2 N–H and O–H groups in total. The number of hydrogen-bond acceptors (Lipinski definition) is 6. The highest BCUT2D eigenvalue weighted by atomic mass is 32.2. The zero-order valence-electron chi connectivity index (χ0n) is 13.3. The van der Waals surface area contributed by atoms with Gasteiger partial charge in [-0.1, -0.05) is 18.7 Å². The number of H-pyrrole nitrogens is 2. The van der Waals surface area contributed by atoms with Crippen LogP contribution >= 0.6 is 23.1 Å². The van der Waals surface area contributed by atoms with Crippen LogP contribution in [0.5, 0.6) is 0 Å². The molecule has 3 heterocycles. The Kier molecular flexibility index (Phi) is 4.14. The van der Waals surface area contributed by atoms with Gasteiger partial charge in [-0.25, -0.2) is 14.8 Å². The molecule has 0 fully saturated rings. The number of aryl methyl sites for hydroxylation is 1. The number of rotatable bonds is 5. The van der Waals surface area contributed by atoms with Crippen LogP contribution in [0.4, 0.5) is 0 Å². The van der Waals surface area contributed by atoms with E-state index < -0.39 is 0 Å². The Morgan fingerprint density at radius 2 is 2.04 bits per heavy atom. The SMILES string of the molecule is CCc1cc2c(SCC(=O)c3ccc4[nH]c(=O)[nH]c4c3)ncnc2s1. The number of carbonyl (C=O) groups is 1. The van der Waals surface area contributed by atoms with E-state index in [1.165, 1.54) is 16.6 Å². The van der Waals surface area contributed by atoms with E-state index in [0.717, 1.165) is 21.7 Å². The van der Waals surface area contributed by atoms with Crippen LogP contribution in [0.1, 0.15) is 22.2 Å². The van der Waals surface area contributed by atoms with Crippen molar-refractivity contribution in [3.05, 3.63) is 51.5 Å². The predicted octanol–water partition coefficient (Wildman–Crippen LogP) is 3.40. The summed E-state index contributed by atoms with van der Waals surface area (Å²) in [6.07, 6.45) is 2.50. The second-order valence-electron chi connectivity index (χ2n) is 5.52. The maximum atomic E-state index is 12.5. The van der Waals surface area contributed by atoms with Gasteiger partial charge in [0.25, 0.3) is 0 Å². The van der Waals surface area contributed by atoms with Crippen LogP contribution in [0.25, 0.3) is 21.3 Å². The third-order valence-corrected chi connectivity index (χ3v) is 6.06. The number of thioether (sulfide) groups is 1. The molecule has 4 rings (SSSR count). The molecule has 1 aromatic carbocycles. The molecule has 6 nitrogen and oxygen atoms in total. The highest BCUT2D eigenvalue weighted by Gasteiger charge is 2.13. The Labute approximate surface area is 150 Å². The molecule has 0 radical (unpaired) electrons. The van der Waals surface area contributed by atoms with Crippen LogP contribution in [0.15, 0.2) is 40.4 Å². The summed E-state index contributed by atoms with van der Waals surface area (Å²) in [5.41, 5.74) is 1.62. The molecular weight excluding hydrogens is 356 g/mol. The topological polar surface area (TPSA) is 91.5 Å². The normalized spacial score (nSPS) is 11.4. The van der Waals surface area contributed by atoms with Gasteiger partial charge in [0.15, 0.2) is 5.78 Å². The van der Waals surface area contributed by atoms with E-state index in [1.54, 1.807) is 35.9 Å². The molecule has 4 aromatic rings. The van der Waals surface area contributed by atoms with Gasteiger partial charge in [0, 0.05) is 15.8 Å². The molecule has 0 aliphatic rings. The van der Waals surface area contributed by atoms with Gasteiger partial charge in [-0.15, -0.1) is 11.3 Å². The third kappa shape index (κ3) is 3.10. The summed E-state index contributed by atoms with van der Waals surface area (Å²) in [4.78, 5) is 40.0. The molecule has 0 unspecified atom stereocenters. The van der Waals surface area contributed by atoms with Crippen molar-refractivity contribution < 1.29 is 4.79 Å². The lowest BCUT2D eigenvalue weighted by Crippen LogP contribution is -2.02. The summed E-state index contributed by atoms with van der Waals surface area (Å²) in [7, 11) is 0. The average Bonchev–Trinajstić information content (AvgIpc) is 3.20. The Morgan fingerprint density at radius 1 is 1.20 bits per heavy atom. The van der Waals surface area contributed by atoms with Crippen molar-refractivity contribution in [3.8, 4) is 0 Å². The lowest BCUT2D eigenvalue weighted by atomic mass is 10.1. The molecule has 25 heavy (non-hydrogen) atoms. The highest BCUT2D eigenvalue weighted by Crippen LogP contribution is 2.31. The molecule has 0 saturated heterocycles. The zero-order valence-corrected chi connectivity index (χ0v) is 15.0. The summed E-state index contributed by atoms with van der Waals surface area (Å²) in [6, 6.07) is 7.26. The van der Waals surface area contributed by atoms with Gasteiger partial charge >= 0.3 is 5.69 Å². The Morgan fingerprint density at radius 3 is 2.88 bits per heavy atom. The first-order valence-corrected chi connectivity index (χ1v) is 9.55. The Hall–Kier alpha value is -2.45. The number of imidazole rings is 1. The van der Waals surface area contributed by atoms with Gasteiger partial charge in [0.2, 0.25) is 0 Å². The van der Waals surface area contributed by atoms with Gasteiger partial charge in [0.1, 0.15) is 16.2 Å². The first-order valence-electron chi connectivity index (χ1n) is 7.75. The molecule has 0 amide bonds. The summed E-state index contributed by atoms with van der Waals surface area (Å²) in [6.45, 7) is 2.11. The maximum Gasteiger partial charge on any atom is 0.323 e. The lowest BCUT2D eigenvalue weighted by molar-refractivity contribution is 0.102. The second kappa shape index (κ2) is 6.45. The summed E-state index contributed by atoms with van der Waals surface area (Å²) < 4.78 is 0. The van der Waals surface area contributed by atoms with Crippen LogP contribution in [0, 0.1) is 0 Å². The van der Waals surface area contributed by atoms with Crippen molar-refractivity contribution in [2.24, 2.45) is 0 Å². The van der Waals surface area contributed by atoms with Gasteiger partial charge in [-0.2, -0.15) is 0 Å². The van der Waals surface area contributed by atoms with Gasteiger partial charge in [-0.05, 0) is 30.7 Å². The summed E-state index contributed by atoms with van der Waals surface area (Å²) in [5, 5.41) is 1.83. The first-order chi connectivity index (χ1) is 12.1. The molecule has 0 bridgehead atoms. The average molecular weight is 370 g/mol. The number of thiophene rings is 1. The molecule has 0 saturated carbocycles. The molecule has 0 spiro atoms. The van der Waals surface area contributed by atoms with Crippen molar-refractivity contribution in [2.45, 2.75) is 18.4 Å². The van der Waals surface area contributed by atoms with E-state index in [9.17, 15) is 9.59 Å². The van der Waals surface area contributed by atoms with Crippen molar-refractivity contribution in [2.75, 3.05) is 5.75 Å². The number of ketones is 1. The fraction of sp³-hybridized carbons (Fsp3) is 0.176. The minimum atomic E-state index is -0.276. The van der Waals surface area contributed by atoms with Gasteiger partial charge in [-0.3, -0.25) is 4.79 Å². The maximum absolute atomic E-state index is 12.5. The second-order valence-corrected chi connectivity index (χ2v) is 7.59. The molecule has 3 aromatic heterocycles. The Bertz CT molecular complexity index is 1140. The monoisotopic (exact) mass is 370 g/mol. The molecule has 126 valence electrons. The minimum absolute atomic E-state index is 0.00773. The van der Waals surface area contributed by atoms with Crippen molar-refractivity contribution in [3.63, 3.8) is 0 Å². The quantitative estimate of drug-likeness (QED) is 0.319. The molecule has 8 heteroatoms. The number of carbonyl (C=O) groups excluding carboxylic acids is 1. The van der Waals surface area contributed by atoms with Crippen molar-refractivity contribution >= 4 is 50.1 Å². The number of aromatic nitrogens is 4. The van der Waals surface area contributed by atoms with E-state index in [-0.39, 0.29) is 17.2 Å². The third-order valence-electron chi connectivity index (χ3n) is 3.87. The smallest absolute Gasteiger partial charge is 0.306 e. The van der Waals surface area contributed by atoms with E-state index >= 15 is 0 Å². The van der Waals surface area contributed by atoms with E-state index in [0.29, 0.717) is 16.6 Å². The number of hydrogen-bond donors (Lipinski definition) is 2.